The summed E-state index contributed by atoms with van der Waals surface area (Å²) in [4.78, 5) is 27.8. The third-order valence-corrected chi connectivity index (χ3v) is 9.21. The van der Waals surface area contributed by atoms with E-state index in [9.17, 15) is 31.2 Å². The van der Waals surface area contributed by atoms with E-state index in [1.807, 2.05) is 6.92 Å². The Morgan fingerprint density at radius 1 is 0.953 bits per heavy atom. The van der Waals surface area contributed by atoms with Crippen LogP contribution in [0.25, 0.3) is 0 Å². The van der Waals surface area contributed by atoms with Crippen LogP contribution in [0.4, 0.5) is 18.9 Å². The minimum absolute atomic E-state index is 0.199. The van der Waals surface area contributed by atoms with Crippen LogP contribution in [-0.4, -0.2) is 44.3 Å². The van der Waals surface area contributed by atoms with Gasteiger partial charge in [0.1, 0.15) is 12.6 Å². The molecule has 0 heterocycles. The van der Waals surface area contributed by atoms with E-state index in [1.54, 1.807) is 12.1 Å². The zero-order chi connectivity index (χ0) is 31.9. The molecule has 3 rings (SSSR count). The minimum atomic E-state index is -4.90. The van der Waals surface area contributed by atoms with Crippen LogP contribution in [0.2, 0.25) is 15.1 Å². The van der Waals surface area contributed by atoms with E-state index in [4.69, 9.17) is 34.8 Å². The normalized spacial score (nSPS) is 12.5. The van der Waals surface area contributed by atoms with Gasteiger partial charge < -0.3 is 10.2 Å². The molecule has 14 heteroatoms. The fourth-order valence-corrected chi connectivity index (χ4v) is 6.21. The second kappa shape index (κ2) is 14.7. The van der Waals surface area contributed by atoms with E-state index < -0.39 is 56.9 Å². The highest BCUT2D eigenvalue weighted by molar-refractivity contribution is 7.92. The van der Waals surface area contributed by atoms with Gasteiger partial charge in [0.2, 0.25) is 11.8 Å². The molecule has 0 saturated carbocycles. The first kappa shape index (κ1) is 34.5. The van der Waals surface area contributed by atoms with Crippen LogP contribution >= 0.6 is 34.8 Å². The Morgan fingerprint density at radius 2 is 1.63 bits per heavy atom. The van der Waals surface area contributed by atoms with Gasteiger partial charge in [-0.3, -0.25) is 13.9 Å². The van der Waals surface area contributed by atoms with Crippen LogP contribution in [0.1, 0.15) is 37.8 Å². The average Bonchev–Trinajstić information content (AvgIpc) is 2.95. The number of rotatable bonds is 12. The lowest BCUT2D eigenvalue weighted by Crippen LogP contribution is -2.51. The van der Waals surface area contributed by atoms with E-state index in [0.29, 0.717) is 33.9 Å². The van der Waals surface area contributed by atoms with Crippen molar-refractivity contribution in [1.29, 1.82) is 0 Å². The topological polar surface area (TPSA) is 86.8 Å². The molecule has 0 aromatic heterocycles. The standard InChI is InChI=1S/C29H29Cl3F3N3O4S/c1-3-4-14-36-28(40)19(2)37(17-20-10-11-21(30)15-26(20)32)27(39)18-38(43(41,42)23-8-6-5-7-9-23)22-12-13-25(31)24(16-22)29(33,34)35/h5-13,15-16,19H,3-4,14,17-18H2,1-2H3,(H,36,40)/t19-/m1/s1. The van der Waals surface area contributed by atoms with Gasteiger partial charge in [-0.05, 0) is 61.4 Å². The molecule has 0 fully saturated rings. The van der Waals surface area contributed by atoms with E-state index in [0.717, 1.165) is 23.5 Å². The number of carbonyl (C=O) groups excluding carboxylic acids is 2. The number of anilines is 1. The second-order valence-electron chi connectivity index (χ2n) is 9.56. The first-order chi connectivity index (χ1) is 20.2. The predicted octanol–water partition coefficient (Wildman–Crippen LogP) is 7.19. The summed E-state index contributed by atoms with van der Waals surface area (Å²) >= 11 is 18.1. The molecule has 0 bridgehead atoms. The van der Waals surface area contributed by atoms with Crippen molar-refractivity contribution < 1.29 is 31.2 Å². The largest absolute Gasteiger partial charge is 0.417 e. The fraction of sp³-hybridized carbons (Fsp3) is 0.310. The molecule has 3 aromatic rings. The Labute approximate surface area is 263 Å². The second-order valence-corrected chi connectivity index (χ2v) is 12.7. The third kappa shape index (κ3) is 8.78. The summed E-state index contributed by atoms with van der Waals surface area (Å²) in [5.41, 5.74) is -1.31. The number of carbonyl (C=O) groups is 2. The summed E-state index contributed by atoms with van der Waals surface area (Å²) in [6.07, 6.45) is -3.40. The number of hydrogen-bond acceptors (Lipinski definition) is 4. The molecule has 0 spiro atoms. The number of halogens is 6. The van der Waals surface area contributed by atoms with Crippen molar-refractivity contribution in [2.45, 2.75) is 50.3 Å². The van der Waals surface area contributed by atoms with Crippen LogP contribution in [0, 0.1) is 0 Å². The lowest BCUT2D eigenvalue weighted by Gasteiger charge is -2.32. The summed E-state index contributed by atoms with van der Waals surface area (Å²) in [5.74, 6) is -1.37. The van der Waals surface area contributed by atoms with E-state index in [1.165, 1.54) is 43.3 Å². The van der Waals surface area contributed by atoms with Crippen molar-refractivity contribution in [3.8, 4) is 0 Å². The summed E-state index contributed by atoms with van der Waals surface area (Å²) < 4.78 is 69.4. The molecule has 1 atom stereocenters. The van der Waals surface area contributed by atoms with Crippen molar-refractivity contribution in [3.63, 3.8) is 0 Å². The first-order valence-electron chi connectivity index (χ1n) is 13.1. The number of hydrogen-bond donors (Lipinski definition) is 1. The summed E-state index contributed by atoms with van der Waals surface area (Å²) in [5, 5.41) is 2.63. The maximum Gasteiger partial charge on any atom is 0.417 e. The molecule has 0 aliphatic carbocycles. The van der Waals surface area contributed by atoms with Crippen LogP contribution < -0.4 is 9.62 Å². The molecule has 0 aliphatic heterocycles. The summed E-state index contributed by atoms with van der Waals surface area (Å²) in [6.45, 7) is 2.60. The number of sulfonamides is 1. The Bertz CT molecular complexity index is 1560. The molecular weight excluding hydrogens is 650 g/mol. The maximum absolute atomic E-state index is 13.9. The fourth-order valence-electron chi connectivity index (χ4n) is 4.09. The van der Waals surface area contributed by atoms with Gasteiger partial charge in [-0.2, -0.15) is 13.2 Å². The van der Waals surface area contributed by atoms with Crippen molar-refractivity contribution in [2.24, 2.45) is 0 Å². The average molecular weight is 679 g/mol. The SMILES string of the molecule is CCCCNC(=O)[C@@H](C)N(Cc1ccc(Cl)cc1Cl)C(=O)CN(c1ccc(Cl)c(C(F)(F)F)c1)S(=O)(=O)c1ccccc1. The van der Waals surface area contributed by atoms with Gasteiger partial charge in [0.05, 0.1) is 21.2 Å². The number of benzene rings is 3. The smallest absolute Gasteiger partial charge is 0.354 e. The lowest BCUT2D eigenvalue weighted by atomic mass is 10.1. The number of unbranched alkanes of at least 4 members (excludes halogenated alkanes) is 1. The van der Waals surface area contributed by atoms with Gasteiger partial charge in [0.25, 0.3) is 10.0 Å². The van der Waals surface area contributed by atoms with Gasteiger partial charge in [0, 0.05) is 23.1 Å². The molecule has 43 heavy (non-hydrogen) atoms. The van der Waals surface area contributed by atoms with Gasteiger partial charge in [-0.15, -0.1) is 0 Å². The number of amides is 2. The van der Waals surface area contributed by atoms with Gasteiger partial charge in [-0.25, -0.2) is 8.42 Å². The van der Waals surface area contributed by atoms with Crippen molar-refractivity contribution in [2.75, 3.05) is 17.4 Å². The monoisotopic (exact) mass is 677 g/mol. The molecule has 7 nitrogen and oxygen atoms in total. The van der Waals surface area contributed by atoms with E-state index in [-0.39, 0.29) is 16.5 Å². The predicted molar refractivity (Wildman–Crippen MR) is 162 cm³/mol. The van der Waals surface area contributed by atoms with Crippen LogP contribution in [-0.2, 0) is 32.3 Å². The van der Waals surface area contributed by atoms with Gasteiger partial charge in [0.15, 0.2) is 0 Å². The molecule has 0 unspecified atom stereocenters. The van der Waals surface area contributed by atoms with E-state index in [2.05, 4.69) is 5.32 Å². The lowest BCUT2D eigenvalue weighted by molar-refractivity contribution is -0.139. The van der Waals surface area contributed by atoms with Crippen LogP contribution in [0.3, 0.4) is 0 Å². The van der Waals surface area contributed by atoms with Gasteiger partial charge in [-0.1, -0.05) is 72.4 Å². The number of nitrogens with one attached hydrogen (secondary N) is 1. The van der Waals surface area contributed by atoms with Crippen molar-refractivity contribution in [3.05, 3.63) is 92.9 Å². The zero-order valence-electron chi connectivity index (χ0n) is 23.2. The highest BCUT2D eigenvalue weighted by atomic mass is 35.5. The number of nitrogens with zero attached hydrogens (tertiary/aromatic N) is 2. The minimum Gasteiger partial charge on any atom is -0.354 e. The Morgan fingerprint density at radius 3 is 2.23 bits per heavy atom. The van der Waals surface area contributed by atoms with Crippen molar-refractivity contribution >= 4 is 62.3 Å². The molecule has 0 aliphatic rings. The van der Waals surface area contributed by atoms with Crippen LogP contribution in [0.15, 0.2) is 71.6 Å². The zero-order valence-corrected chi connectivity index (χ0v) is 26.3. The summed E-state index contributed by atoms with van der Waals surface area (Å²) in [6, 6.07) is 12.9. The molecule has 3 aromatic carbocycles. The molecule has 1 N–H and O–H groups in total. The molecular formula is C29H29Cl3F3N3O4S. The highest BCUT2D eigenvalue weighted by Gasteiger charge is 2.37. The summed E-state index contributed by atoms with van der Waals surface area (Å²) in [7, 11) is -4.58. The molecule has 232 valence electrons. The van der Waals surface area contributed by atoms with Crippen molar-refractivity contribution in [1.82, 2.24) is 10.2 Å². The molecule has 2 amide bonds. The molecule has 0 saturated heterocycles. The first-order valence-corrected chi connectivity index (χ1v) is 15.7. The van der Waals surface area contributed by atoms with E-state index >= 15 is 0 Å². The third-order valence-electron chi connectivity index (χ3n) is 6.51. The maximum atomic E-state index is 13.9. The van der Waals surface area contributed by atoms with Gasteiger partial charge >= 0.3 is 6.18 Å². The Balaban J connectivity index is 2.10. The molecule has 0 radical (unpaired) electrons. The Hall–Kier alpha value is -2.99. The Kier molecular flexibility index (Phi) is 11.8. The quantitative estimate of drug-likeness (QED) is 0.206. The number of alkyl halides is 3. The highest BCUT2D eigenvalue weighted by Crippen LogP contribution is 2.38. The van der Waals surface area contributed by atoms with Crippen LogP contribution in [0.5, 0.6) is 0 Å².